The smallest absolute Gasteiger partial charge is 0.338 e. The molecule has 9 heteroatoms. The highest BCUT2D eigenvalue weighted by molar-refractivity contribution is 7.89. The average molecular weight is 431 g/mol. The molecule has 158 valence electrons. The number of Topliss-reactive ketones (excluding diaryl/α,β-unsaturated/α-hetero) is 1. The van der Waals surface area contributed by atoms with Crippen LogP contribution in [-0.2, 0) is 14.8 Å². The van der Waals surface area contributed by atoms with Gasteiger partial charge in [0, 0.05) is 18.7 Å². The molecule has 0 radical (unpaired) electrons. The number of hydrogen-bond donors (Lipinski definition) is 0. The van der Waals surface area contributed by atoms with E-state index in [2.05, 4.69) is 0 Å². The third-order valence-electron chi connectivity index (χ3n) is 4.99. The van der Waals surface area contributed by atoms with E-state index >= 15 is 0 Å². The maximum atomic E-state index is 12.5. The van der Waals surface area contributed by atoms with Crippen molar-refractivity contribution in [3.8, 4) is 11.5 Å². The highest BCUT2D eigenvalue weighted by Gasteiger charge is 2.27. The first-order valence-electron chi connectivity index (χ1n) is 9.65. The van der Waals surface area contributed by atoms with Crippen molar-refractivity contribution in [2.75, 3.05) is 32.9 Å². The zero-order chi connectivity index (χ0) is 21.1. The molecule has 0 atom stereocenters. The first kappa shape index (κ1) is 20.4. The van der Waals surface area contributed by atoms with Crippen LogP contribution in [-0.4, -0.2) is 57.4 Å². The van der Waals surface area contributed by atoms with E-state index in [1.807, 2.05) is 0 Å². The van der Waals surface area contributed by atoms with Gasteiger partial charge < -0.3 is 14.2 Å². The van der Waals surface area contributed by atoms with Crippen molar-refractivity contribution in [3.05, 3.63) is 53.6 Å². The van der Waals surface area contributed by atoms with Crippen molar-refractivity contribution in [2.45, 2.75) is 17.7 Å². The van der Waals surface area contributed by atoms with E-state index in [0.717, 1.165) is 12.8 Å². The summed E-state index contributed by atoms with van der Waals surface area (Å²) in [7, 11) is -3.55. The van der Waals surface area contributed by atoms with Crippen LogP contribution in [0.4, 0.5) is 0 Å². The van der Waals surface area contributed by atoms with Crippen LogP contribution in [0.5, 0.6) is 11.5 Å². The Kier molecular flexibility index (Phi) is 5.74. The van der Waals surface area contributed by atoms with Crippen LogP contribution in [0.2, 0.25) is 0 Å². The van der Waals surface area contributed by atoms with Gasteiger partial charge in [-0.25, -0.2) is 13.2 Å². The predicted octanol–water partition coefficient (Wildman–Crippen LogP) is 2.28. The molecule has 0 aromatic heterocycles. The average Bonchev–Trinajstić information content (AvgIpc) is 3.33. The molecule has 2 aromatic carbocycles. The summed E-state index contributed by atoms with van der Waals surface area (Å²) in [6.07, 6.45) is 1.70. The van der Waals surface area contributed by atoms with Crippen molar-refractivity contribution < 1.29 is 32.2 Å². The lowest BCUT2D eigenvalue weighted by atomic mass is 10.1. The normalized spacial score (nSPS) is 16.3. The molecule has 30 heavy (non-hydrogen) atoms. The van der Waals surface area contributed by atoms with E-state index in [1.165, 1.54) is 28.6 Å². The summed E-state index contributed by atoms with van der Waals surface area (Å²) in [6.45, 7) is 1.44. The molecule has 0 bridgehead atoms. The first-order valence-corrected chi connectivity index (χ1v) is 11.1. The molecule has 0 N–H and O–H groups in total. The number of fused-ring (bicyclic) bond motifs is 1. The maximum Gasteiger partial charge on any atom is 0.338 e. The fourth-order valence-corrected chi connectivity index (χ4v) is 4.87. The van der Waals surface area contributed by atoms with Crippen molar-refractivity contribution in [3.63, 3.8) is 0 Å². The van der Waals surface area contributed by atoms with Crippen LogP contribution in [0.1, 0.15) is 33.6 Å². The summed E-state index contributed by atoms with van der Waals surface area (Å²) in [5.74, 6) is -0.0356. The number of sulfonamides is 1. The molecule has 0 spiro atoms. The first-order chi connectivity index (χ1) is 14.4. The van der Waals surface area contributed by atoms with Gasteiger partial charge in [-0.1, -0.05) is 0 Å². The lowest BCUT2D eigenvalue weighted by Crippen LogP contribution is -2.27. The molecule has 2 heterocycles. The fraction of sp³-hybridized carbons (Fsp3) is 0.333. The number of rotatable bonds is 6. The Morgan fingerprint density at radius 1 is 0.900 bits per heavy atom. The van der Waals surface area contributed by atoms with Gasteiger partial charge in [0.25, 0.3) is 0 Å². The fourth-order valence-electron chi connectivity index (χ4n) is 3.36. The van der Waals surface area contributed by atoms with Crippen molar-refractivity contribution >= 4 is 21.8 Å². The zero-order valence-electron chi connectivity index (χ0n) is 16.2. The summed E-state index contributed by atoms with van der Waals surface area (Å²) < 4.78 is 42.5. The molecule has 2 aliphatic heterocycles. The van der Waals surface area contributed by atoms with Crippen LogP contribution in [0, 0.1) is 0 Å². The van der Waals surface area contributed by atoms with Crippen LogP contribution in [0.15, 0.2) is 47.4 Å². The molecule has 1 fully saturated rings. The van der Waals surface area contributed by atoms with Crippen LogP contribution >= 0.6 is 0 Å². The van der Waals surface area contributed by atoms with E-state index in [9.17, 15) is 18.0 Å². The van der Waals surface area contributed by atoms with Gasteiger partial charge in [0.1, 0.15) is 13.2 Å². The molecule has 0 aliphatic carbocycles. The Labute approximate surface area is 174 Å². The van der Waals surface area contributed by atoms with E-state index in [-0.39, 0.29) is 16.2 Å². The van der Waals surface area contributed by atoms with Crippen molar-refractivity contribution in [1.29, 1.82) is 0 Å². The van der Waals surface area contributed by atoms with E-state index < -0.39 is 22.6 Å². The highest BCUT2D eigenvalue weighted by Crippen LogP contribution is 2.31. The molecule has 1 saturated heterocycles. The summed E-state index contributed by atoms with van der Waals surface area (Å²) in [5, 5.41) is 0. The minimum atomic E-state index is -3.55. The number of ketones is 1. The van der Waals surface area contributed by atoms with Crippen LogP contribution < -0.4 is 9.47 Å². The summed E-state index contributed by atoms with van der Waals surface area (Å²) in [5.41, 5.74) is 0.518. The second-order valence-electron chi connectivity index (χ2n) is 6.99. The maximum absolute atomic E-state index is 12.5. The molecule has 2 aromatic rings. The van der Waals surface area contributed by atoms with Gasteiger partial charge in [-0.2, -0.15) is 4.31 Å². The summed E-state index contributed by atoms with van der Waals surface area (Å²) >= 11 is 0. The van der Waals surface area contributed by atoms with Crippen LogP contribution in [0.25, 0.3) is 0 Å². The van der Waals surface area contributed by atoms with E-state index in [0.29, 0.717) is 43.4 Å². The molecular formula is C21H21NO7S. The molecular weight excluding hydrogens is 410 g/mol. The van der Waals surface area contributed by atoms with Gasteiger partial charge in [-0.3, -0.25) is 4.79 Å². The second kappa shape index (κ2) is 8.45. The SMILES string of the molecule is O=C(COC(=O)c1ccc(S(=O)(=O)N2CCCC2)cc1)c1ccc2c(c1)OCCO2. The number of carbonyl (C=O) groups excluding carboxylic acids is 2. The lowest BCUT2D eigenvalue weighted by Gasteiger charge is -2.18. The number of ether oxygens (including phenoxy) is 3. The van der Waals surface area contributed by atoms with Gasteiger partial charge in [0.05, 0.1) is 10.5 Å². The predicted molar refractivity (Wildman–Crippen MR) is 106 cm³/mol. The largest absolute Gasteiger partial charge is 0.486 e. The Balaban J connectivity index is 1.37. The zero-order valence-corrected chi connectivity index (χ0v) is 17.0. The monoisotopic (exact) mass is 431 g/mol. The number of benzene rings is 2. The third kappa shape index (κ3) is 4.17. The molecule has 4 rings (SSSR count). The highest BCUT2D eigenvalue weighted by atomic mass is 32.2. The Morgan fingerprint density at radius 2 is 1.53 bits per heavy atom. The van der Waals surface area contributed by atoms with E-state index in [1.54, 1.807) is 18.2 Å². The minimum Gasteiger partial charge on any atom is -0.486 e. The lowest BCUT2D eigenvalue weighted by molar-refractivity contribution is 0.0474. The van der Waals surface area contributed by atoms with Gasteiger partial charge in [-0.15, -0.1) is 0 Å². The van der Waals surface area contributed by atoms with Crippen molar-refractivity contribution in [2.24, 2.45) is 0 Å². The molecule has 0 saturated carbocycles. The van der Waals surface area contributed by atoms with E-state index in [4.69, 9.17) is 14.2 Å². The standard InChI is InChI=1S/C21H21NO7S/c23-18(16-5-8-19-20(13-16)28-12-11-27-19)14-29-21(24)15-3-6-17(7-4-15)30(25,26)22-9-1-2-10-22/h3-8,13H,1-2,9-12,14H2. The summed E-state index contributed by atoms with van der Waals surface area (Å²) in [4.78, 5) is 24.7. The Hall–Kier alpha value is -2.91. The number of hydrogen-bond acceptors (Lipinski definition) is 7. The van der Waals surface area contributed by atoms with Crippen LogP contribution in [0.3, 0.4) is 0 Å². The Morgan fingerprint density at radius 3 is 2.23 bits per heavy atom. The quantitative estimate of drug-likeness (QED) is 0.511. The molecule has 2 aliphatic rings. The summed E-state index contributed by atoms with van der Waals surface area (Å²) in [6, 6.07) is 10.3. The Bertz CT molecular complexity index is 1060. The van der Waals surface area contributed by atoms with Gasteiger partial charge in [0.15, 0.2) is 23.9 Å². The second-order valence-corrected chi connectivity index (χ2v) is 8.93. The molecule has 0 unspecified atom stereocenters. The minimum absolute atomic E-state index is 0.133. The topological polar surface area (TPSA) is 99.2 Å². The number of carbonyl (C=O) groups is 2. The van der Waals surface area contributed by atoms with Gasteiger partial charge >= 0.3 is 5.97 Å². The van der Waals surface area contributed by atoms with Gasteiger partial charge in [-0.05, 0) is 55.3 Å². The number of nitrogens with zero attached hydrogens (tertiary/aromatic N) is 1. The van der Waals surface area contributed by atoms with Gasteiger partial charge in [0.2, 0.25) is 10.0 Å². The molecule has 0 amide bonds. The third-order valence-corrected chi connectivity index (χ3v) is 6.90. The van der Waals surface area contributed by atoms with Crippen molar-refractivity contribution in [1.82, 2.24) is 4.31 Å². The number of esters is 1. The molecule has 8 nitrogen and oxygen atoms in total.